The number of aryl methyl sites for hydroxylation is 1. The van der Waals surface area contributed by atoms with Crippen LogP contribution in [0.15, 0.2) is 36.7 Å². The van der Waals surface area contributed by atoms with E-state index in [0.717, 1.165) is 0 Å². The number of fused-ring (bicyclic) bond motifs is 1. The Balaban J connectivity index is 1.99. The molecule has 4 aromatic rings. The van der Waals surface area contributed by atoms with E-state index in [4.69, 9.17) is 14.2 Å². The van der Waals surface area contributed by atoms with Crippen molar-refractivity contribution in [2.75, 3.05) is 26.6 Å². The normalized spacial score (nSPS) is 11.5. The predicted molar refractivity (Wildman–Crippen MR) is 118 cm³/mol. The minimum atomic E-state index is -5.09. The molecule has 0 aliphatic carbocycles. The van der Waals surface area contributed by atoms with E-state index < -0.39 is 12.1 Å². The van der Waals surface area contributed by atoms with Crippen molar-refractivity contribution < 1.29 is 32.2 Å². The number of pyridine rings is 1. The fourth-order valence-electron chi connectivity index (χ4n) is 3.72. The molecular formula is C22H20F3N5O4. The average molecular weight is 475 g/mol. The Morgan fingerprint density at radius 2 is 1.79 bits per heavy atom. The van der Waals surface area contributed by atoms with Gasteiger partial charge in [0.15, 0.2) is 17.3 Å². The molecule has 0 saturated heterocycles. The van der Waals surface area contributed by atoms with Gasteiger partial charge in [-0.3, -0.25) is 9.89 Å². The first-order valence-corrected chi connectivity index (χ1v) is 9.86. The smallest absolute Gasteiger partial charge is 0.471 e. The van der Waals surface area contributed by atoms with Gasteiger partial charge in [0.05, 0.1) is 32.6 Å². The minimum Gasteiger partial charge on any atom is -0.493 e. The number of aromatic nitrogens is 4. The second-order valence-electron chi connectivity index (χ2n) is 7.22. The van der Waals surface area contributed by atoms with Crippen LogP contribution in [0.4, 0.5) is 19.0 Å². The number of H-pyrrole nitrogens is 1. The standard InChI is InChI=1S/C22H20F3N5O4/c1-30-10-13(12-6-5-7-26-20(12)30)16-17(28-29-19(16)27-21(31)22(23,24)25)11-8-14(32-2)18(34-4)15(9-11)33-3/h5-10H,1-4H3,(H2,27,28,29,31). The summed E-state index contributed by atoms with van der Waals surface area (Å²) < 4.78 is 57.0. The molecule has 178 valence electrons. The molecular weight excluding hydrogens is 455 g/mol. The Labute approximate surface area is 191 Å². The number of benzene rings is 1. The zero-order chi connectivity index (χ0) is 24.6. The zero-order valence-electron chi connectivity index (χ0n) is 18.6. The second-order valence-corrected chi connectivity index (χ2v) is 7.22. The van der Waals surface area contributed by atoms with Gasteiger partial charge in [-0.05, 0) is 24.3 Å². The number of hydrogen-bond acceptors (Lipinski definition) is 6. The summed E-state index contributed by atoms with van der Waals surface area (Å²) in [5.74, 6) is -1.43. The van der Waals surface area contributed by atoms with Crippen molar-refractivity contribution in [3.05, 3.63) is 36.7 Å². The first kappa shape index (κ1) is 23.0. The molecule has 12 heteroatoms. The molecule has 0 aliphatic heterocycles. The molecule has 3 aromatic heterocycles. The highest BCUT2D eigenvalue weighted by molar-refractivity contribution is 6.05. The molecule has 34 heavy (non-hydrogen) atoms. The number of carbonyl (C=O) groups is 1. The van der Waals surface area contributed by atoms with Crippen molar-refractivity contribution in [3.63, 3.8) is 0 Å². The summed E-state index contributed by atoms with van der Waals surface area (Å²) in [5.41, 5.74) is 2.16. The van der Waals surface area contributed by atoms with Gasteiger partial charge in [-0.1, -0.05) is 0 Å². The van der Waals surface area contributed by atoms with Gasteiger partial charge in [0.25, 0.3) is 0 Å². The molecule has 0 aliphatic rings. The van der Waals surface area contributed by atoms with Crippen molar-refractivity contribution in [3.8, 4) is 39.6 Å². The van der Waals surface area contributed by atoms with Crippen LogP contribution in [-0.2, 0) is 11.8 Å². The molecule has 1 aromatic carbocycles. The number of halogens is 3. The summed E-state index contributed by atoms with van der Waals surface area (Å²) in [6.45, 7) is 0. The number of aromatic amines is 1. The van der Waals surface area contributed by atoms with Gasteiger partial charge in [0.1, 0.15) is 5.65 Å². The summed E-state index contributed by atoms with van der Waals surface area (Å²) in [6, 6.07) is 6.73. The van der Waals surface area contributed by atoms with Crippen molar-refractivity contribution >= 4 is 22.8 Å². The molecule has 0 spiro atoms. The van der Waals surface area contributed by atoms with Gasteiger partial charge in [-0.2, -0.15) is 18.3 Å². The van der Waals surface area contributed by atoms with E-state index in [1.807, 2.05) is 5.32 Å². The van der Waals surface area contributed by atoms with E-state index >= 15 is 0 Å². The lowest BCUT2D eigenvalue weighted by molar-refractivity contribution is -0.167. The topological polar surface area (TPSA) is 103 Å². The number of anilines is 1. The summed E-state index contributed by atoms with van der Waals surface area (Å²) >= 11 is 0. The summed E-state index contributed by atoms with van der Waals surface area (Å²) in [6.07, 6.45) is -1.79. The molecule has 0 unspecified atom stereocenters. The van der Waals surface area contributed by atoms with Crippen LogP contribution in [0.2, 0.25) is 0 Å². The van der Waals surface area contributed by atoms with Crippen molar-refractivity contribution in [1.82, 2.24) is 19.7 Å². The third kappa shape index (κ3) is 3.87. The highest BCUT2D eigenvalue weighted by Gasteiger charge is 2.40. The Kier molecular flexibility index (Phi) is 5.82. The quantitative estimate of drug-likeness (QED) is 0.434. The number of hydrogen-bond donors (Lipinski definition) is 2. The van der Waals surface area contributed by atoms with Crippen LogP contribution in [0, 0.1) is 0 Å². The predicted octanol–water partition coefficient (Wildman–Crippen LogP) is 4.16. The number of nitrogens with one attached hydrogen (secondary N) is 2. The van der Waals surface area contributed by atoms with Crippen molar-refractivity contribution in [2.45, 2.75) is 6.18 Å². The Hall–Kier alpha value is -4.22. The highest BCUT2D eigenvalue weighted by Crippen LogP contribution is 2.45. The molecule has 0 atom stereocenters. The number of rotatable bonds is 6. The number of amides is 1. The maximum atomic E-state index is 13.0. The van der Waals surface area contributed by atoms with E-state index in [2.05, 4.69) is 15.2 Å². The van der Waals surface area contributed by atoms with Gasteiger partial charge in [-0.15, -0.1) is 0 Å². The molecule has 0 fully saturated rings. The largest absolute Gasteiger partial charge is 0.493 e. The zero-order valence-corrected chi connectivity index (χ0v) is 18.6. The monoisotopic (exact) mass is 475 g/mol. The Morgan fingerprint density at radius 1 is 1.12 bits per heavy atom. The number of nitrogens with zero attached hydrogens (tertiary/aromatic N) is 3. The number of ether oxygens (including phenoxy) is 3. The molecule has 0 bridgehead atoms. The molecule has 4 rings (SSSR count). The lowest BCUT2D eigenvalue weighted by atomic mass is 10.00. The average Bonchev–Trinajstić information content (AvgIpc) is 3.38. The van der Waals surface area contributed by atoms with E-state index in [1.165, 1.54) is 21.3 Å². The molecule has 0 radical (unpaired) electrons. The molecule has 2 N–H and O–H groups in total. The molecule has 3 heterocycles. The highest BCUT2D eigenvalue weighted by atomic mass is 19.4. The van der Waals surface area contributed by atoms with Crippen LogP contribution in [0.5, 0.6) is 17.2 Å². The van der Waals surface area contributed by atoms with E-state index in [1.54, 1.807) is 48.3 Å². The van der Waals surface area contributed by atoms with E-state index in [-0.39, 0.29) is 11.4 Å². The summed E-state index contributed by atoms with van der Waals surface area (Å²) in [5, 5.41) is 9.26. The maximum Gasteiger partial charge on any atom is 0.471 e. The van der Waals surface area contributed by atoms with Crippen molar-refractivity contribution in [2.24, 2.45) is 7.05 Å². The first-order chi connectivity index (χ1) is 16.2. The van der Waals surface area contributed by atoms with Gasteiger partial charge < -0.3 is 24.1 Å². The van der Waals surface area contributed by atoms with E-state index in [9.17, 15) is 18.0 Å². The van der Waals surface area contributed by atoms with Crippen LogP contribution in [0.1, 0.15) is 0 Å². The minimum absolute atomic E-state index is 0.241. The fraction of sp³-hybridized carbons (Fsp3) is 0.227. The van der Waals surface area contributed by atoms with Crippen LogP contribution in [0.25, 0.3) is 33.4 Å². The fourth-order valence-corrected chi connectivity index (χ4v) is 3.72. The Bertz CT molecular complexity index is 1350. The molecule has 0 saturated carbocycles. The third-order valence-corrected chi connectivity index (χ3v) is 5.21. The maximum absolute atomic E-state index is 13.0. The number of methoxy groups -OCH3 is 3. The lowest BCUT2D eigenvalue weighted by Crippen LogP contribution is -2.30. The van der Waals surface area contributed by atoms with Gasteiger partial charge in [0, 0.05) is 36.0 Å². The third-order valence-electron chi connectivity index (χ3n) is 5.21. The summed E-state index contributed by atoms with van der Waals surface area (Å²) in [4.78, 5) is 16.1. The van der Waals surface area contributed by atoms with Gasteiger partial charge in [0.2, 0.25) is 5.75 Å². The van der Waals surface area contributed by atoms with Gasteiger partial charge >= 0.3 is 12.1 Å². The number of alkyl halides is 3. The SMILES string of the molecule is COc1cc(-c2[nH]nc(NC(=O)C(F)(F)F)c2-c2cn(C)c3ncccc23)cc(OC)c1OC. The number of carbonyl (C=O) groups excluding carboxylic acids is 1. The van der Waals surface area contributed by atoms with Crippen LogP contribution in [-0.4, -0.2) is 53.2 Å². The van der Waals surface area contributed by atoms with Crippen molar-refractivity contribution in [1.29, 1.82) is 0 Å². The Morgan fingerprint density at radius 3 is 2.38 bits per heavy atom. The van der Waals surface area contributed by atoms with Crippen LogP contribution < -0.4 is 19.5 Å². The van der Waals surface area contributed by atoms with Crippen LogP contribution in [0.3, 0.4) is 0 Å². The van der Waals surface area contributed by atoms with Gasteiger partial charge in [-0.25, -0.2) is 4.98 Å². The van der Waals surface area contributed by atoms with E-state index in [0.29, 0.717) is 45.1 Å². The molecule has 1 amide bonds. The van der Waals surface area contributed by atoms with Crippen LogP contribution >= 0.6 is 0 Å². The first-order valence-electron chi connectivity index (χ1n) is 9.86. The molecule has 9 nitrogen and oxygen atoms in total. The summed E-state index contributed by atoms with van der Waals surface area (Å²) in [7, 11) is 6.10. The lowest BCUT2D eigenvalue weighted by Gasteiger charge is -2.14. The second kappa shape index (κ2) is 8.61.